The molecule has 5 heteroatoms. The number of ether oxygens (including phenoxy) is 2. The topological polar surface area (TPSA) is 59.0 Å². The maximum absolute atomic E-state index is 13.3. The summed E-state index contributed by atoms with van der Waals surface area (Å²) in [5.41, 5.74) is 0.191. The van der Waals surface area contributed by atoms with Gasteiger partial charge in [0.2, 0.25) is 0 Å². The van der Waals surface area contributed by atoms with Gasteiger partial charge in [-0.25, -0.2) is 0 Å². The third-order valence-corrected chi connectivity index (χ3v) is 7.84. The Bertz CT molecular complexity index is 866. The molecule has 2 fully saturated rings. The van der Waals surface area contributed by atoms with Crippen LogP contribution in [0.4, 0.5) is 0 Å². The van der Waals surface area contributed by atoms with Crippen LogP contribution in [-0.2, 0) is 21.4 Å². The van der Waals surface area contributed by atoms with Gasteiger partial charge in [0, 0.05) is 37.7 Å². The number of ketones is 1. The molecule has 28 heavy (non-hydrogen) atoms. The second-order valence-corrected chi connectivity index (χ2v) is 8.90. The van der Waals surface area contributed by atoms with Gasteiger partial charge in [-0.2, -0.15) is 0 Å². The van der Waals surface area contributed by atoms with E-state index in [0.717, 1.165) is 37.9 Å². The van der Waals surface area contributed by atoms with Crippen molar-refractivity contribution in [2.24, 2.45) is 0 Å². The van der Waals surface area contributed by atoms with Crippen molar-refractivity contribution in [3.63, 3.8) is 0 Å². The Morgan fingerprint density at radius 2 is 2.25 bits per heavy atom. The SMILES string of the molecule is C=CCN1CC[C@]23c4c5ccc(O)c4O[C@@]2(C)C(=O)CC[C@@]3(OCCC)[C@H]1C5. The quantitative estimate of drug-likeness (QED) is 0.792. The first-order valence-electron chi connectivity index (χ1n) is 10.5. The first-order chi connectivity index (χ1) is 13.4. The Hall–Kier alpha value is -1.85. The Morgan fingerprint density at radius 1 is 1.43 bits per heavy atom. The molecule has 1 saturated carbocycles. The van der Waals surface area contributed by atoms with Crippen molar-refractivity contribution in [3.05, 3.63) is 35.9 Å². The molecule has 150 valence electrons. The second kappa shape index (κ2) is 5.83. The minimum atomic E-state index is -0.992. The number of nitrogens with zero attached hydrogens (tertiary/aromatic N) is 1. The van der Waals surface area contributed by atoms with E-state index in [1.807, 2.05) is 19.1 Å². The molecule has 5 rings (SSSR count). The van der Waals surface area contributed by atoms with Crippen LogP contribution in [0, 0.1) is 0 Å². The van der Waals surface area contributed by atoms with Gasteiger partial charge >= 0.3 is 0 Å². The molecular formula is C23H29NO4. The standard InChI is InChI=1S/C23H29NO4/c1-4-11-24-12-10-22-19-15-6-7-16(25)20(19)28-21(22,3)18(26)8-9-23(22,17(24)14-15)27-13-5-2/h4,6-7,17,25H,1,5,8-14H2,2-3H3/t17-,21+,22+,23-/m1/s1. The second-order valence-electron chi connectivity index (χ2n) is 8.90. The molecule has 1 N–H and O–H groups in total. The summed E-state index contributed by atoms with van der Waals surface area (Å²) >= 11 is 0. The van der Waals surface area contributed by atoms with Crippen LogP contribution in [0.15, 0.2) is 24.8 Å². The largest absolute Gasteiger partial charge is 0.504 e. The number of phenolic OH excluding ortho intramolecular Hbond substituents is 1. The molecule has 2 aliphatic carbocycles. The lowest BCUT2D eigenvalue weighted by atomic mass is 9.45. The summed E-state index contributed by atoms with van der Waals surface area (Å²) in [4.78, 5) is 15.8. The minimum absolute atomic E-state index is 0.127. The minimum Gasteiger partial charge on any atom is -0.504 e. The molecule has 5 nitrogen and oxygen atoms in total. The molecule has 4 aliphatic rings. The maximum Gasteiger partial charge on any atom is 0.177 e. The number of benzene rings is 1. The van der Waals surface area contributed by atoms with Gasteiger partial charge in [-0.15, -0.1) is 6.58 Å². The fraction of sp³-hybridized carbons (Fsp3) is 0.609. The van der Waals surface area contributed by atoms with Crippen LogP contribution in [0.3, 0.4) is 0 Å². The summed E-state index contributed by atoms with van der Waals surface area (Å²) in [7, 11) is 0. The maximum atomic E-state index is 13.3. The van der Waals surface area contributed by atoms with E-state index in [4.69, 9.17) is 9.47 Å². The molecule has 1 spiro atoms. The van der Waals surface area contributed by atoms with Crippen molar-refractivity contribution < 1.29 is 19.4 Å². The number of rotatable bonds is 5. The van der Waals surface area contributed by atoms with Gasteiger partial charge < -0.3 is 14.6 Å². The molecule has 1 aromatic rings. The van der Waals surface area contributed by atoms with Crippen molar-refractivity contribution in [1.82, 2.24) is 4.90 Å². The summed E-state index contributed by atoms with van der Waals surface area (Å²) in [6.07, 6.45) is 5.67. The van der Waals surface area contributed by atoms with Crippen molar-refractivity contribution >= 4 is 5.78 Å². The molecule has 4 atom stereocenters. The highest BCUT2D eigenvalue weighted by Gasteiger charge is 2.78. The highest BCUT2D eigenvalue weighted by molar-refractivity contribution is 5.94. The zero-order valence-corrected chi connectivity index (χ0v) is 16.8. The number of hydrogen-bond acceptors (Lipinski definition) is 5. The number of aromatic hydroxyl groups is 1. The number of likely N-dealkylation sites (tertiary alicyclic amines) is 1. The van der Waals surface area contributed by atoms with E-state index < -0.39 is 16.6 Å². The van der Waals surface area contributed by atoms with Crippen molar-refractivity contribution in [3.8, 4) is 11.5 Å². The number of carbonyl (C=O) groups is 1. The van der Waals surface area contributed by atoms with E-state index in [9.17, 15) is 9.90 Å². The fourth-order valence-corrected chi connectivity index (χ4v) is 6.80. The number of Topliss-reactive ketones (excluding diaryl/α,β-unsaturated/α-hetero) is 1. The molecule has 2 heterocycles. The Morgan fingerprint density at radius 3 is 3.00 bits per heavy atom. The van der Waals surface area contributed by atoms with Gasteiger partial charge in [0.15, 0.2) is 22.9 Å². The van der Waals surface area contributed by atoms with E-state index in [1.165, 1.54) is 5.56 Å². The van der Waals surface area contributed by atoms with Crippen LogP contribution >= 0.6 is 0 Å². The average molecular weight is 383 g/mol. The Balaban J connectivity index is 1.82. The molecule has 2 bridgehead atoms. The van der Waals surface area contributed by atoms with Crippen LogP contribution < -0.4 is 4.74 Å². The highest BCUT2D eigenvalue weighted by atomic mass is 16.5. The normalized spacial score (nSPS) is 38.1. The van der Waals surface area contributed by atoms with Crippen LogP contribution in [0.5, 0.6) is 11.5 Å². The first-order valence-corrected chi connectivity index (χ1v) is 10.5. The smallest absolute Gasteiger partial charge is 0.177 e. The van der Waals surface area contributed by atoms with Gasteiger partial charge in [-0.3, -0.25) is 9.69 Å². The van der Waals surface area contributed by atoms with Gasteiger partial charge in [0.1, 0.15) is 0 Å². The fourth-order valence-electron chi connectivity index (χ4n) is 6.80. The Kier molecular flexibility index (Phi) is 3.79. The molecule has 1 saturated heterocycles. The van der Waals surface area contributed by atoms with Crippen molar-refractivity contribution in [1.29, 1.82) is 0 Å². The summed E-state index contributed by atoms with van der Waals surface area (Å²) in [6, 6.07) is 3.90. The molecule has 0 aromatic heterocycles. The van der Waals surface area contributed by atoms with E-state index in [-0.39, 0.29) is 17.6 Å². The molecule has 1 aromatic carbocycles. The zero-order valence-electron chi connectivity index (χ0n) is 16.8. The van der Waals surface area contributed by atoms with Crippen molar-refractivity contribution in [2.75, 3.05) is 19.7 Å². The highest BCUT2D eigenvalue weighted by Crippen LogP contribution is 2.69. The molecular weight excluding hydrogens is 354 g/mol. The van der Waals surface area contributed by atoms with E-state index >= 15 is 0 Å². The first kappa shape index (κ1) is 18.2. The predicted molar refractivity (Wildman–Crippen MR) is 106 cm³/mol. The van der Waals surface area contributed by atoms with Crippen LogP contribution in [0.25, 0.3) is 0 Å². The summed E-state index contributed by atoms with van der Waals surface area (Å²) in [6.45, 7) is 10.4. The predicted octanol–water partition coefficient (Wildman–Crippen LogP) is 3.13. The van der Waals surface area contributed by atoms with Crippen LogP contribution in [0.1, 0.15) is 50.7 Å². The van der Waals surface area contributed by atoms with Crippen LogP contribution in [-0.4, -0.2) is 52.7 Å². The molecule has 0 amide bonds. The Labute approximate surface area is 166 Å². The summed E-state index contributed by atoms with van der Waals surface area (Å²) in [5.74, 6) is 0.769. The lowest BCUT2D eigenvalue weighted by Crippen LogP contribution is -2.80. The molecule has 2 aliphatic heterocycles. The van der Waals surface area contributed by atoms with Crippen molar-refractivity contribution in [2.45, 2.75) is 68.6 Å². The zero-order chi connectivity index (χ0) is 19.7. The lowest BCUT2D eigenvalue weighted by Gasteiger charge is -2.66. The number of phenols is 1. The monoisotopic (exact) mass is 383 g/mol. The third kappa shape index (κ3) is 1.83. The lowest BCUT2D eigenvalue weighted by molar-refractivity contribution is -0.229. The third-order valence-electron chi connectivity index (χ3n) is 7.84. The van der Waals surface area contributed by atoms with Gasteiger partial charge in [0.25, 0.3) is 0 Å². The van der Waals surface area contributed by atoms with E-state index in [0.29, 0.717) is 25.2 Å². The van der Waals surface area contributed by atoms with Crippen LogP contribution in [0.2, 0.25) is 0 Å². The number of piperidine rings is 1. The van der Waals surface area contributed by atoms with E-state index in [2.05, 4.69) is 18.4 Å². The molecule has 0 unspecified atom stereocenters. The summed E-state index contributed by atoms with van der Waals surface area (Å²) in [5, 5.41) is 10.6. The van der Waals surface area contributed by atoms with Gasteiger partial charge in [-0.05, 0) is 44.2 Å². The molecule has 0 radical (unpaired) electrons. The average Bonchev–Trinajstić information content (AvgIpc) is 2.96. The van der Waals surface area contributed by atoms with Gasteiger partial charge in [-0.1, -0.05) is 19.1 Å². The number of carbonyl (C=O) groups excluding carboxylic acids is 1. The summed E-state index contributed by atoms with van der Waals surface area (Å²) < 4.78 is 13.2. The van der Waals surface area contributed by atoms with Gasteiger partial charge in [0.05, 0.1) is 11.0 Å². The van der Waals surface area contributed by atoms with E-state index in [1.54, 1.807) is 6.07 Å². The number of hydrogen-bond donors (Lipinski definition) is 1.